The van der Waals surface area contributed by atoms with Crippen LogP contribution in [0.25, 0.3) is 0 Å². The van der Waals surface area contributed by atoms with E-state index in [4.69, 9.17) is 9.47 Å². The van der Waals surface area contributed by atoms with Crippen LogP contribution < -0.4 is 20.1 Å². The Kier molecular flexibility index (Phi) is 8.11. The molecule has 2 amide bonds. The summed E-state index contributed by atoms with van der Waals surface area (Å²) in [6, 6.07) is 6.74. The van der Waals surface area contributed by atoms with Gasteiger partial charge in [0.2, 0.25) is 11.8 Å². The van der Waals surface area contributed by atoms with E-state index in [9.17, 15) is 18.4 Å². The minimum atomic E-state index is -1.07. The topological polar surface area (TPSA) is 79.9 Å². The van der Waals surface area contributed by atoms with E-state index in [1.54, 1.807) is 26.2 Å². The summed E-state index contributed by atoms with van der Waals surface area (Å²) in [6.07, 6.45) is 0. The van der Waals surface area contributed by atoms with Crippen molar-refractivity contribution < 1.29 is 27.8 Å². The lowest BCUT2D eigenvalue weighted by molar-refractivity contribution is -0.124. The number of hydrogen-bond donors (Lipinski definition) is 2. The predicted molar refractivity (Wildman–Crippen MR) is 109 cm³/mol. The number of methoxy groups -OCH3 is 2. The second-order valence-electron chi connectivity index (χ2n) is 6.76. The number of anilines is 1. The summed E-state index contributed by atoms with van der Waals surface area (Å²) < 4.78 is 36.7. The Morgan fingerprint density at radius 2 is 1.67 bits per heavy atom. The maximum absolute atomic E-state index is 13.2. The van der Waals surface area contributed by atoms with E-state index in [0.717, 1.165) is 23.3 Å². The molecule has 0 spiro atoms. The fourth-order valence-corrected chi connectivity index (χ4v) is 2.80. The average Bonchev–Trinajstić information content (AvgIpc) is 2.70. The molecular weight excluding hydrogens is 396 g/mol. The Balaban J connectivity index is 1.84. The van der Waals surface area contributed by atoms with Gasteiger partial charge in [-0.3, -0.25) is 14.5 Å². The van der Waals surface area contributed by atoms with E-state index >= 15 is 0 Å². The smallest absolute Gasteiger partial charge is 0.243 e. The third-order valence-electron chi connectivity index (χ3n) is 4.35. The summed E-state index contributed by atoms with van der Waals surface area (Å²) in [4.78, 5) is 25.8. The Morgan fingerprint density at radius 3 is 2.30 bits per heavy atom. The molecule has 0 heterocycles. The van der Waals surface area contributed by atoms with Gasteiger partial charge in [0.1, 0.15) is 0 Å². The van der Waals surface area contributed by atoms with E-state index in [-0.39, 0.29) is 24.7 Å². The first-order valence-corrected chi connectivity index (χ1v) is 9.15. The minimum absolute atomic E-state index is 0.0617. The summed E-state index contributed by atoms with van der Waals surface area (Å²) in [5.41, 5.74) is 2.07. The van der Waals surface area contributed by atoms with Gasteiger partial charge in [0.15, 0.2) is 23.1 Å². The minimum Gasteiger partial charge on any atom is -0.493 e. The molecule has 0 aliphatic rings. The van der Waals surface area contributed by atoms with Crippen LogP contribution in [0.4, 0.5) is 14.5 Å². The quantitative estimate of drug-likeness (QED) is 0.650. The van der Waals surface area contributed by atoms with Gasteiger partial charge in [-0.25, -0.2) is 8.78 Å². The van der Waals surface area contributed by atoms with E-state index in [1.807, 2.05) is 19.1 Å². The molecular formula is C21H25F2N3O4. The van der Waals surface area contributed by atoms with E-state index < -0.39 is 17.5 Å². The molecule has 2 N–H and O–H groups in total. The molecule has 0 atom stereocenters. The first-order chi connectivity index (χ1) is 14.2. The van der Waals surface area contributed by atoms with Crippen LogP contribution in [-0.4, -0.2) is 51.1 Å². The fraction of sp³-hybridized carbons (Fsp3) is 0.333. The number of ether oxygens (including phenoxy) is 2. The van der Waals surface area contributed by atoms with Crippen LogP contribution >= 0.6 is 0 Å². The van der Waals surface area contributed by atoms with Crippen molar-refractivity contribution in [3.05, 3.63) is 53.1 Å². The first kappa shape index (κ1) is 23.1. The first-order valence-electron chi connectivity index (χ1n) is 9.15. The lowest BCUT2D eigenvalue weighted by Gasteiger charge is -2.19. The van der Waals surface area contributed by atoms with Crippen LogP contribution in [0, 0.1) is 18.6 Å². The number of aryl methyl sites for hydroxylation is 1. The molecule has 7 nitrogen and oxygen atoms in total. The lowest BCUT2D eigenvalue weighted by atomic mass is 10.1. The number of likely N-dealkylation sites (N-methyl/N-ethyl adjacent to an activating group) is 1. The number of rotatable bonds is 9. The maximum atomic E-state index is 13.2. The second-order valence-corrected chi connectivity index (χ2v) is 6.76. The molecule has 0 aliphatic carbocycles. The van der Waals surface area contributed by atoms with Crippen LogP contribution in [0.2, 0.25) is 0 Å². The largest absolute Gasteiger partial charge is 0.493 e. The molecule has 0 bridgehead atoms. The fourth-order valence-electron chi connectivity index (χ4n) is 2.80. The molecule has 162 valence electrons. The number of carbonyl (C=O) groups is 2. The Bertz CT molecular complexity index is 921. The van der Waals surface area contributed by atoms with Crippen molar-refractivity contribution >= 4 is 17.5 Å². The van der Waals surface area contributed by atoms with Crippen LogP contribution in [0.5, 0.6) is 11.5 Å². The molecule has 0 saturated heterocycles. The highest BCUT2D eigenvalue weighted by Crippen LogP contribution is 2.30. The third kappa shape index (κ3) is 6.41. The van der Waals surface area contributed by atoms with Crippen LogP contribution in [0.3, 0.4) is 0 Å². The summed E-state index contributed by atoms with van der Waals surface area (Å²) in [6.45, 7) is 2.20. The zero-order chi connectivity index (χ0) is 22.3. The second kappa shape index (κ2) is 10.5. The Hall–Kier alpha value is -3.20. The monoisotopic (exact) mass is 421 g/mol. The van der Waals surface area contributed by atoms with Crippen molar-refractivity contribution in [2.45, 2.75) is 13.5 Å². The van der Waals surface area contributed by atoms with Gasteiger partial charge in [-0.2, -0.15) is 0 Å². The number of benzene rings is 2. The molecule has 0 fully saturated rings. The third-order valence-corrected chi connectivity index (χ3v) is 4.35. The predicted octanol–water partition coefficient (Wildman–Crippen LogP) is 2.48. The number of nitrogens with zero attached hydrogens (tertiary/aromatic N) is 1. The van der Waals surface area contributed by atoms with Gasteiger partial charge in [0, 0.05) is 18.3 Å². The highest BCUT2D eigenvalue weighted by atomic mass is 19.2. The van der Waals surface area contributed by atoms with E-state index in [1.165, 1.54) is 6.07 Å². The highest BCUT2D eigenvalue weighted by molar-refractivity contribution is 5.94. The average molecular weight is 421 g/mol. The van der Waals surface area contributed by atoms with Crippen LogP contribution in [0.1, 0.15) is 11.1 Å². The van der Waals surface area contributed by atoms with Gasteiger partial charge >= 0.3 is 0 Å². The number of hydrogen-bond acceptors (Lipinski definition) is 5. The molecule has 9 heteroatoms. The summed E-state index contributed by atoms with van der Waals surface area (Å²) >= 11 is 0. The molecule has 0 unspecified atom stereocenters. The molecule has 0 aromatic heterocycles. The zero-order valence-electron chi connectivity index (χ0n) is 17.3. The summed E-state index contributed by atoms with van der Waals surface area (Å²) in [7, 11) is 4.90. The number of amides is 2. The van der Waals surface area contributed by atoms with Crippen molar-refractivity contribution in [2.24, 2.45) is 0 Å². The summed E-state index contributed by atoms with van der Waals surface area (Å²) in [5, 5.41) is 4.89. The number of nitrogens with one attached hydrogen (secondary N) is 2. The van der Waals surface area contributed by atoms with Gasteiger partial charge in [0.25, 0.3) is 0 Å². The van der Waals surface area contributed by atoms with Gasteiger partial charge in [-0.05, 0) is 49.4 Å². The van der Waals surface area contributed by atoms with Gasteiger partial charge in [-0.1, -0.05) is 0 Å². The Morgan fingerprint density at radius 1 is 1.00 bits per heavy atom. The van der Waals surface area contributed by atoms with Crippen molar-refractivity contribution in [1.82, 2.24) is 10.2 Å². The van der Waals surface area contributed by atoms with Gasteiger partial charge in [-0.15, -0.1) is 0 Å². The standard InChI is InChI=1S/C21H25F2N3O4/c1-13-7-18(29-3)19(30-4)8-14(13)11-26(2)12-21(28)24-10-20(27)25-15-5-6-16(22)17(23)9-15/h5-9H,10-12H2,1-4H3,(H,24,28)(H,25,27). The molecule has 0 radical (unpaired) electrons. The Labute approximate surface area is 174 Å². The van der Waals surface area contributed by atoms with Crippen molar-refractivity contribution in [3.63, 3.8) is 0 Å². The molecule has 30 heavy (non-hydrogen) atoms. The molecule has 2 aromatic rings. The van der Waals surface area contributed by atoms with E-state index in [0.29, 0.717) is 18.0 Å². The number of carbonyl (C=O) groups excluding carboxylic acids is 2. The molecule has 0 saturated carbocycles. The van der Waals surface area contributed by atoms with Crippen LogP contribution in [-0.2, 0) is 16.1 Å². The highest BCUT2D eigenvalue weighted by Gasteiger charge is 2.13. The zero-order valence-corrected chi connectivity index (χ0v) is 17.3. The SMILES string of the molecule is COc1cc(C)c(CN(C)CC(=O)NCC(=O)Nc2ccc(F)c(F)c2)cc1OC. The van der Waals surface area contributed by atoms with E-state index in [2.05, 4.69) is 10.6 Å². The maximum Gasteiger partial charge on any atom is 0.243 e. The van der Waals surface area contributed by atoms with Gasteiger partial charge in [0.05, 0.1) is 27.3 Å². The van der Waals surface area contributed by atoms with Crippen molar-refractivity contribution in [2.75, 3.05) is 39.7 Å². The molecule has 0 aliphatic heterocycles. The molecule has 2 aromatic carbocycles. The number of halogens is 2. The lowest BCUT2D eigenvalue weighted by Crippen LogP contribution is -2.39. The van der Waals surface area contributed by atoms with Crippen molar-refractivity contribution in [1.29, 1.82) is 0 Å². The van der Waals surface area contributed by atoms with Crippen LogP contribution in [0.15, 0.2) is 30.3 Å². The van der Waals surface area contributed by atoms with Crippen molar-refractivity contribution in [3.8, 4) is 11.5 Å². The summed E-state index contributed by atoms with van der Waals surface area (Å²) in [5.74, 6) is -1.74. The van der Waals surface area contributed by atoms with Gasteiger partial charge < -0.3 is 20.1 Å². The normalized spacial score (nSPS) is 10.6. The molecule has 2 rings (SSSR count).